The Labute approximate surface area is 358 Å². The lowest BCUT2D eigenvalue weighted by Crippen LogP contribution is -2.54. The Hall–Kier alpha value is -5.08. The monoisotopic (exact) mass is 840 g/mol. The van der Waals surface area contributed by atoms with E-state index in [1.165, 1.54) is 50.1 Å². The van der Waals surface area contributed by atoms with Gasteiger partial charge in [-0.05, 0) is 77.1 Å². The zero-order chi connectivity index (χ0) is 44.8. The minimum absolute atomic E-state index is 0.168. The molecule has 3 N–H and O–H groups in total. The Morgan fingerprint density at radius 2 is 1.03 bits per heavy atom. The molecule has 0 saturated carbocycles. The number of ketones is 1. The molecule has 2 fully saturated rings. The van der Waals surface area contributed by atoms with Crippen molar-refractivity contribution in [3.05, 3.63) is 142 Å². The second kappa shape index (κ2) is 23.2. The third-order valence-electron chi connectivity index (χ3n) is 11.0. The lowest BCUT2D eigenvalue weighted by molar-refractivity contribution is -0.292. The fourth-order valence-corrected chi connectivity index (χ4v) is 7.76. The van der Waals surface area contributed by atoms with Crippen LogP contribution in [0.15, 0.2) is 97.1 Å². The SMILES string of the molecule is C=O.CCc1ccc(Cc2cccc([C@@H]3O[C@H](C(C)=O)[C@@H](C)[C@H](OC(C)=O)[C@H]3OC(C)=O)c2)cc1.CCc1ccc(Cc2cccc([C@@H]3O[C@H](OC)[C@@H](O)[C@H](O)[C@H]3O)c2)cc1. The van der Waals surface area contributed by atoms with E-state index < -0.39 is 73.0 Å². The summed E-state index contributed by atoms with van der Waals surface area (Å²) < 4.78 is 28.1. The summed E-state index contributed by atoms with van der Waals surface area (Å²) in [4.78, 5) is 44.1. The first-order valence-electron chi connectivity index (χ1n) is 20.6. The molecule has 6 rings (SSSR count). The molecule has 4 aromatic rings. The summed E-state index contributed by atoms with van der Waals surface area (Å²) in [7, 11) is 1.39. The van der Waals surface area contributed by atoms with Crippen molar-refractivity contribution in [2.45, 2.75) is 122 Å². The molecule has 2 aliphatic heterocycles. The van der Waals surface area contributed by atoms with Gasteiger partial charge in [-0.1, -0.05) is 118 Å². The summed E-state index contributed by atoms with van der Waals surface area (Å²) in [6, 6.07) is 32.5. The molecule has 10 atom stereocenters. The average molecular weight is 841 g/mol. The number of rotatable bonds is 12. The number of hydrogen-bond donors (Lipinski definition) is 3. The zero-order valence-corrected chi connectivity index (χ0v) is 36.1. The van der Waals surface area contributed by atoms with E-state index in [2.05, 4.69) is 62.4 Å². The Bertz CT molecular complexity index is 2010. The molecule has 0 bridgehead atoms. The first-order chi connectivity index (χ1) is 29.2. The molecule has 12 nitrogen and oxygen atoms in total. The van der Waals surface area contributed by atoms with E-state index in [0.29, 0.717) is 0 Å². The van der Waals surface area contributed by atoms with Gasteiger partial charge in [-0.25, -0.2) is 0 Å². The number of aliphatic hydroxyl groups excluding tert-OH is 3. The summed E-state index contributed by atoms with van der Waals surface area (Å²) in [5, 5.41) is 30.3. The number of benzene rings is 4. The third kappa shape index (κ3) is 13.0. The highest BCUT2D eigenvalue weighted by atomic mass is 16.7. The summed E-state index contributed by atoms with van der Waals surface area (Å²) in [6.45, 7) is 12.1. The van der Waals surface area contributed by atoms with Gasteiger partial charge < -0.3 is 43.8 Å². The van der Waals surface area contributed by atoms with Crippen molar-refractivity contribution in [1.29, 1.82) is 0 Å². The van der Waals surface area contributed by atoms with E-state index in [0.717, 1.165) is 47.9 Å². The van der Waals surface area contributed by atoms with Gasteiger partial charge in [0.15, 0.2) is 18.2 Å². The summed E-state index contributed by atoms with van der Waals surface area (Å²) in [6.07, 6.45) is -5.28. The first kappa shape index (κ1) is 48.6. The van der Waals surface area contributed by atoms with Crippen LogP contribution in [0.4, 0.5) is 0 Å². The number of aryl methyl sites for hydroxylation is 2. The largest absolute Gasteiger partial charge is 0.458 e. The molecule has 0 aromatic heterocycles. The summed E-state index contributed by atoms with van der Waals surface area (Å²) >= 11 is 0. The van der Waals surface area contributed by atoms with Gasteiger partial charge in [0.25, 0.3) is 0 Å². The molecule has 328 valence electrons. The van der Waals surface area contributed by atoms with E-state index >= 15 is 0 Å². The van der Waals surface area contributed by atoms with Crippen LogP contribution >= 0.6 is 0 Å². The predicted molar refractivity (Wildman–Crippen MR) is 228 cm³/mol. The maximum Gasteiger partial charge on any atom is 0.303 e. The van der Waals surface area contributed by atoms with Crippen LogP contribution in [0.5, 0.6) is 0 Å². The highest BCUT2D eigenvalue weighted by Gasteiger charge is 2.50. The van der Waals surface area contributed by atoms with E-state index in [9.17, 15) is 29.7 Å². The van der Waals surface area contributed by atoms with Crippen LogP contribution < -0.4 is 0 Å². The van der Waals surface area contributed by atoms with Crippen molar-refractivity contribution >= 4 is 24.5 Å². The molecule has 2 aliphatic rings. The van der Waals surface area contributed by atoms with Gasteiger partial charge in [-0.3, -0.25) is 14.4 Å². The number of Topliss-reactive ketones (excluding diaryl/α,β-unsaturated/α-hetero) is 1. The second-order valence-corrected chi connectivity index (χ2v) is 15.4. The van der Waals surface area contributed by atoms with Gasteiger partial charge in [-0.2, -0.15) is 0 Å². The minimum atomic E-state index is -1.33. The molecule has 0 spiro atoms. The first-order valence-corrected chi connectivity index (χ1v) is 20.6. The standard InChI is InChI=1S/C27H32O6.C21H26O5.CH2O/c1-6-20-10-12-21(13-11-20)14-22-8-7-9-23(15-22)26-27(32-19(5)30)25(31-18(4)29)16(2)24(33-26)17(3)28;1-3-13-7-9-14(10-8-13)11-15-5-4-6-16(12-15)20-18(23)17(22)19(24)21(25-2)26-20;1-2/h7-13,15-16,24-27H,6,14H2,1-5H3;4-10,12,17-24H,3,11H2,1-2H3;1H2/t16-,24+,25+,26+,27-;17-,18-,19+,20+,21+;/m11./s1. The van der Waals surface area contributed by atoms with E-state index in [-0.39, 0.29) is 5.78 Å². The number of carbonyl (C=O) groups excluding carboxylic acids is 4. The molecule has 0 unspecified atom stereocenters. The Balaban J connectivity index is 0.000000265. The van der Waals surface area contributed by atoms with Crippen LogP contribution in [0.1, 0.15) is 98.3 Å². The fraction of sp³-hybridized carbons (Fsp3) is 0.429. The molecule has 12 heteroatoms. The van der Waals surface area contributed by atoms with Gasteiger partial charge in [0, 0.05) is 26.9 Å². The van der Waals surface area contributed by atoms with Crippen molar-refractivity contribution < 1.29 is 58.2 Å². The third-order valence-corrected chi connectivity index (χ3v) is 11.0. The van der Waals surface area contributed by atoms with Gasteiger partial charge in [-0.15, -0.1) is 0 Å². The van der Waals surface area contributed by atoms with Gasteiger partial charge in [0.05, 0.1) is 0 Å². The van der Waals surface area contributed by atoms with Crippen LogP contribution in [-0.4, -0.2) is 89.9 Å². The number of esters is 2. The van der Waals surface area contributed by atoms with Gasteiger partial charge in [0.2, 0.25) is 0 Å². The van der Waals surface area contributed by atoms with Crippen molar-refractivity contribution in [3.63, 3.8) is 0 Å². The van der Waals surface area contributed by atoms with Crippen molar-refractivity contribution in [2.75, 3.05) is 7.11 Å². The van der Waals surface area contributed by atoms with Crippen LogP contribution in [0.2, 0.25) is 0 Å². The number of aliphatic hydroxyl groups is 3. The van der Waals surface area contributed by atoms with Crippen molar-refractivity contribution in [2.24, 2.45) is 5.92 Å². The highest BCUT2D eigenvalue weighted by molar-refractivity contribution is 5.81. The van der Waals surface area contributed by atoms with Crippen LogP contribution in [0.3, 0.4) is 0 Å². The van der Waals surface area contributed by atoms with E-state index in [4.69, 9.17) is 28.5 Å². The Morgan fingerprint density at radius 3 is 1.46 bits per heavy atom. The smallest absolute Gasteiger partial charge is 0.303 e. The molecular weight excluding hydrogens is 781 g/mol. The topological polar surface area (TPSA) is 175 Å². The van der Waals surface area contributed by atoms with Crippen LogP contribution in [0, 0.1) is 5.92 Å². The van der Waals surface area contributed by atoms with Crippen LogP contribution in [0.25, 0.3) is 0 Å². The lowest BCUT2D eigenvalue weighted by Gasteiger charge is -2.44. The number of hydrogen-bond acceptors (Lipinski definition) is 12. The van der Waals surface area contributed by atoms with Crippen molar-refractivity contribution in [1.82, 2.24) is 0 Å². The molecule has 0 aliphatic carbocycles. The second-order valence-electron chi connectivity index (χ2n) is 15.4. The number of methoxy groups -OCH3 is 1. The fourth-order valence-electron chi connectivity index (χ4n) is 7.76. The Kier molecular flexibility index (Phi) is 18.5. The Morgan fingerprint density at radius 1 is 0.590 bits per heavy atom. The lowest BCUT2D eigenvalue weighted by atomic mass is 9.83. The van der Waals surface area contributed by atoms with E-state index in [1.54, 1.807) is 6.92 Å². The molecule has 2 saturated heterocycles. The quantitative estimate of drug-likeness (QED) is 0.139. The molecule has 0 amide bonds. The van der Waals surface area contributed by atoms with Crippen LogP contribution in [-0.2, 0) is 68.5 Å². The summed E-state index contributed by atoms with van der Waals surface area (Å²) in [5.74, 6) is -1.65. The normalized spacial score (nSPS) is 25.7. The minimum Gasteiger partial charge on any atom is -0.458 e. The maximum absolute atomic E-state index is 12.3. The van der Waals surface area contributed by atoms with E-state index in [1.807, 2.05) is 55.3 Å². The average Bonchev–Trinajstić information content (AvgIpc) is 3.25. The number of ether oxygens (including phenoxy) is 5. The zero-order valence-electron chi connectivity index (χ0n) is 36.1. The molecule has 61 heavy (non-hydrogen) atoms. The summed E-state index contributed by atoms with van der Waals surface area (Å²) in [5.41, 5.74) is 8.62. The molecular formula is C49H60O12. The maximum atomic E-state index is 12.3. The molecule has 0 radical (unpaired) electrons. The van der Waals surface area contributed by atoms with Crippen molar-refractivity contribution in [3.8, 4) is 0 Å². The predicted octanol–water partition coefficient (Wildman–Crippen LogP) is 6.15. The molecule has 4 aromatic carbocycles. The number of carbonyl (C=O) groups is 4. The highest BCUT2D eigenvalue weighted by Crippen LogP contribution is 2.40. The van der Waals surface area contributed by atoms with Gasteiger partial charge in [0.1, 0.15) is 49.5 Å². The molecule has 2 heterocycles. The van der Waals surface area contributed by atoms with Gasteiger partial charge >= 0.3 is 11.9 Å².